The number of halogens is 5. The number of amides is 1. The minimum Gasteiger partial charge on any atom is -0.369 e. The quantitative estimate of drug-likeness (QED) is 0.250. The average molecular weight is 545 g/mol. The molecule has 0 aliphatic carbocycles. The topological polar surface area (TPSA) is 60.0 Å². The van der Waals surface area contributed by atoms with Crippen molar-refractivity contribution in [1.82, 2.24) is 15.5 Å². The van der Waals surface area contributed by atoms with E-state index in [0.29, 0.717) is 23.9 Å². The minimum absolute atomic E-state index is 0. The van der Waals surface area contributed by atoms with Gasteiger partial charge in [-0.05, 0) is 38.0 Å². The maximum Gasteiger partial charge on any atom is 0.406 e. The van der Waals surface area contributed by atoms with Crippen molar-refractivity contribution >= 4 is 41.5 Å². The lowest BCUT2D eigenvalue weighted by Gasteiger charge is -2.35. The van der Waals surface area contributed by atoms with Crippen LogP contribution >= 0.6 is 24.0 Å². The molecule has 1 fully saturated rings. The van der Waals surface area contributed by atoms with Gasteiger partial charge in [0.1, 0.15) is 18.9 Å². The number of hydrogen-bond donors (Lipinski definition) is 2. The monoisotopic (exact) mass is 545 g/mol. The van der Waals surface area contributed by atoms with Crippen LogP contribution < -0.4 is 15.5 Å². The molecular weight excluding hydrogens is 517 g/mol. The van der Waals surface area contributed by atoms with E-state index in [0.717, 1.165) is 32.1 Å². The van der Waals surface area contributed by atoms with E-state index in [2.05, 4.69) is 20.5 Å². The molecule has 0 aromatic heterocycles. The van der Waals surface area contributed by atoms with Gasteiger partial charge in [-0.15, -0.1) is 24.0 Å². The number of nitrogens with zero attached hydrogens (tertiary/aromatic N) is 3. The number of alkyl halides is 3. The van der Waals surface area contributed by atoms with Gasteiger partial charge in [0.25, 0.3) is 0 Å². The number of hydrogen-bond acceptors (Lipinski definition) is 3. The zero-order valence-corrected chi connectivity index (χ0v) is 19.3. The Morgan fingerprint density at radius 1 is 1.37 bits per heavy atom. The Balaban J connectivity index is 0.00000450. The molecule has 1 saturated heterocycles. The first-order chi connectivity index (χ1) is 13.7. The van der Waals surface area contributed by atoms with Gasteiger partial charge in [0.05, 0.1) is 0 Å². The molecule has 2 N–H and O–H groups in total. The van der Waals surface area contributed by atoms with Gasteiger partial charge in [0.15, 0.2) is 5.96 Å². The van der Waals surface area contributed by atoms with Gasteiger partial charge < -0.3 is 20.4 Å². The molecule has 1 aromatic rings. The number of carbonyl (C=O) groups is 1. The summed E-state index contributed by atoms with van der Waals surface area (Å²) < 4.78 is 50.7. The number of likely N-dealkylation sites (N-methyl/N-ethyl adjacent to an activating group) is 1. The molecule has 1 heterocycles. The zero-order chi connectivity index (χ0) is 21.4. The fourth-order valence-corrected chi connectivity index (χ4v) is 3.14. The van der Waals surface area contributed by atoms with Gasteiger partial charge in [-0.25, -0.2) is 9.38 Å². The van der Waals surface area contributed by atoms with Crippen molar-refractivity contribution in [2.45, 2.75) is 32.0 Å². The van der Waals surface area contributed by atoms with Crippen LogP contribution in [0.1, 0.15) is 19.8 Å². The highest BCUT2D eigenvalue weighted by Gasteiger charge is 2.31. The summed E-state index contributed by atoms with van der Waals surface area (Å²) in [5.41, 5.74) is 0.794. The van der Waals surface area contributed by atoms with E-state index in [1.165, 1.54) is 12.1 Å². The first-order valence-corrected chi connectivity index (χ1v) is 9.54. The molecule has 0 bridgehead atoms. The molecule has 11 heteroatoms. The molecule has 1 aromatic carbocycles. The number of guanidine groups is 1. The highest BCUT2D eigenvalue weighted by atomic mass is 127. The molecule has 1 unspecified atom stereocenters. The summed E-state index contributed by atoms with van der Waals surface area (Å²) in [6.07, 6.45) is -2.70. The Bertz CT molecular complexity index is 716. The number of rotatable bonds is 6. The van der Waals surface area contributed by atoms with Crippen molar-refractivity contribution in [2.75, 3.05) is 44.7 Å². The minimum atomic E-state index is -4.45. The second-order valence-electron chi connectivity index (χ2n) is 6.97. The van der Waals surface area contributed by atoms with Crippen LogP contribution in [-0.2, 0) is 4.79 Å². The molecule has 170 valence electrons. The molecule has 1 atom stereocenters. The highest BCUT2D eigenvalue weighted by molar-refractivity contribution is 14.0. The Labute approximate surface area is 191 Å². The van der Waals surface area contributed by atoms with Crippen LogP contribution in [-0.4, -0.2) is 68.8 Å². The number of anilines is 1. The molecule has 1 amide bonds. The third kappa shape index (κ3) is 8.92. The van der Waals surface area contributed by atoms with Crippen molar-refractivity contribution in [3.63, 3.8) is 0 Å². The molecule has 6 nitrogen and oxygen atoms in total. The number of carbonyl (C=O) groups excluding carboxylic acids is 1. The van der Waals surface area contributed by atoms with E-state index in [9.17, 15) is 22.4 Å². The Morgan fingerprint density at radius 3 is 2.73 bits per heavy atom. The van der Waals surface area contributed by atoms with Crippen LogP contribution in [0.15, 0.2) is 29.3 Å². The summed E-state index contributed by atoms with van der Waals surface area (Å²) in [6.45, 7) is 2.12. The number of benzene rings is 1. The summed E-state index contributed by atoms with van der Waals surface area (Å²) in [6, 6.07) is 6.40. The molecule has 0 radical (unpaired) electrons. The Hall–Kier alpha value is -1.79. The van der Waals surface area contributed by atoms with Crippen LogP contribution in [0.5, 0.6) is 0 Å². The predicted molar refractivity (Wildman–Crippen MR) is 120 cm³/mol. The number of nitrogens with one attached hydrogen (secondary N) is 2. The molecular formula is C19H28F4IN5O. The Morgan fingerprint density at radius 2 is 2.10 bits per heavy atom. The van der Waals surface area contributed by atoms with E-state index in [1.807, 2.05) is 13.0 Å². The first kappa shape index (κ1) is 26.2. The lowest BCUT2D eigenvalue weighted by molar-refractivity contribution is -0.157. The van der Waals surface area contributed by atoms with E-state index in [-0.39, 0.29) is 42.4 Å². The van der Waals surface area contributed by atoms with E-state index in [4.69, 9.17) is 0 Å². The van der Waals surface area contributed by atoms with Crippen LogP contribution in [0.4, 0.5) is 23.2 Å². The van der Waals surface area contributed by atoms with Crippen molar-refractivity contribution in [1.29, 1.82) is 0 Å². The van der Waals surface area contributed by atoms with E-state index >= 15 is 0 Å². The molecule has 0 saturated carbocycles. The van der Waals surface area contributed by atoms with Gasteiger partial charge in [-0.1, -0.05) is 6.07 Å². The van der Waals surface area contributed by atoms with Gasteiger partial charge in [-0.3, -0.25) is 4.79 Å². The second kappa shape index (κ2) is 12.2. The first-order valence-electron chi connectivity index (χ1n) is 9.54. The molecule has 1 aliphatic rings. The summed E-state index contributed by atoms with van der Waals surface area (Å²) in [5, 5.41) is 6.23. The third-order valence-electron chi connectivity index (χ3n) is 4.49. The van der Waals surface area contributed by atoms with Crippen molar-refractivity contribution in [2.24, 2.45) is 4.99 Å². The van der Waals surface area contributed by atoms with Crippen molar-refractivity contribution in [3.8, 4) is 0 Å². The maximum absolute atomic E-state index is 13.5. The summed E-state index contributed by atoms with van der Waals surface area (Å²) in [5.74, 6) is -0.647. The van der Waals surface area contributed by atoms with Crippen LogP contribution in [0.2, 0.25) is 0 Å². The smallest absolute Gasteiger partial charge is 0.369 e. The largest absolute Gasteiger partial charge is 0.406 e. The van der Waals surface area contributed by atoms with E-state index in [1.54, 1.807) is 6.07 Å². The van der Waals surface area contributed by atoms with Crippen LogP contribution in [0.25, 0.3) is 0 Å². The van der Waals surface area contributed by atoms with Crippen molar-refractivity contribution < 1.29 is 22.4 Å². The summed E-state index contributed by atoms with van der Waals surface area (Å²) >= 11 is 0. The zero-order valence-electron chi connectivity index (χ0n) is 17.0. The molecule has 2 rings (SSSR count). The summed E-state index contributed by atoms with van der Waals surface area (Å²) in [7, 11) is 1.10. The van der Waals surface area contributed by atoms with Gasteiger partial charge in [0.2, 0.25) is 5.91 Å². The molecule has 1 aliphatic heterocycles. The van der Waals surface area contributed by atoms with Gasteiger partial charge in [-0.2, -0.15) is 13.2 Å². The summed E-state index contributed by atoms with van der Waals surface area (Å²) in [4.78, 5) is 18.7. The second-order valence-corrected chi connectivity index (χ2v) is 6.97. The maximum atomic E-state index is 13.5. The van der Waals surface area contributed by atoms with E-state index < -0.39 is 18.6 Å². The van der Waals surface area contributed by atoms with Crippen LogP contribution in [0.3, 0.4) is 0 Å². The highest BCUT2D eigenvalue weighted by Crippen LogP contribution is 2.20. The predicted octanol–water partition coefficient (Wildman–Crippen LogP) is 2.99. The lowest BCUT2D eigenvalue weighted by atomic mass is 10.0. The average Bonchev–Trinajstić information content (AvgIpc) is 2.65. The van der Waals surface area contributed by atoms with Gasteiger partial charge >= 0.3 is 6.18 Å². The number of piperidine rings is 1. The molecule has 0 spiro atoms. The van der Waals surface area contributed by atoms with Crippen molar-refractivity contribution in [3.05, 3.63) is 30.1 Å². The Kier molecular flexibility index (Phi) is 10.6. The SMILES string of the molecule is CCNC(=NCC(=O)N(C)CC(F)(F)F)NC1CCCN(c2cccc(F)c2)C1.I. The third-order valence-corrected chi connectivity index (χ3v) is 4.49. The molecule has 30 heavy (non-hydrogen) atoms. The van der Waals surface area contributed by atoms with Crippen LogP contribution in [0, 0.1) is 5.82 Å². The normalized spacial score (nSPS) is 17.2. The number of aliphatic imine (C=N–C) groups is 1. The fourth-order valence-electron chi connectivity index (χ4n) is 3.14. The standard InChI is InChI=1S/C19H27F4N5O.HI/c1-3-24-18(25-11-17(29)27(2)13-19(21,22)23)26-15-7-5-9-28(12-15)16-8-4-6-14(20)10-16;/h4,6,8,10,15H,3,5,7,9,11-13H2,1-2H3,(H2,24,25,26);1H. The van der Waals surface area contributed by atoms with Gasteiger partial charge in [0, 0.05) is 38.4 Å². The lowest BCUT2D eigenvalue weighted by Crippen LogP contribution is -2.51. The fraction of sp³-hybridized carbons (Fsp3) is 0.579.